The van der Waals surface area contributed by atoms with Crippen LogP contribution in [0.15, 0.2) is 12.1 Å². The van der Waals surface area contributed by atoms with E-state index < -0.39 is 0 Å². The molecule has 88 valence electrons. The molecule has 1 unspecified atom stereocenters. The summed E-state index contributed by atoms with van der Waals surface area (Å²) in [4.78, 5) is 0. The van der Waals surface area contributed by atoms with Crippen LogP contribution >= 0.6 is 0 Å². The fourth-order valence-electron chi connectivity index (χ4n) is 2.37. The van der Waals surface area contributed by atoms with Crippen LogP contribution in [0.3, 0.4) is 0 Å². The number of methoxy groups -OCH3 is 1. The molecule has 1 aromatic rings. The number of nitrogens with one attached hydrogen (secondary N) is 1. The van der Waals surface area contributed by atoms with Crippen molar-refractivity contribution >= 4 is 0 Å². The van der Waals surface area contributed by atoms with Crippen LogP contribution in [0.5, 0.6) is 5.75 Å². The van der Waals surface area contributed by atoms with Crippen molar-refractivity contribution in [2.24, 2.45) is 0 Å². The summed E-state index contributed by atoms with van der Waals surface area (Å²) < 4.78 is 18.6. The quantitative estimate of drug-likeness (QED) is 0.832. The van der Waals surface area contributed by atoms with E-state index in [-0.39, 0.29) is 11.9 Å². The Kier molecular flexibility index (Phi) is 3.44. The first-order valence-electron chi connectivity index (χ1n) is 5.80. The molecule has 2 nitrogen and oxygen atoms in total. The third-order valence-corrected chi connectivity index (χ3v) is 3.27. The van der Waals surface area contributed by atoms with E-state index >= 15 is 0 Å². The maximum Gasteiger partial charge on any atom is 0.127 e. The van der Waals surface area contributed by atoms with Gasteiger partial charge in [0.25, 0.3) is 0 Å². The van der Waals surface area contributed by atoms with Crippen molar-refractivity contribution in [1.82, 2.24) is 5.32 Å². The van der Waals surface area contributed by atoms with Crippen LogP contribution in [0.1, 0.15) is 36.4 Å². The fourth-order valence-corrected chi connectivity index (χ4v) is 2.37. The van der Waals surface area contributed by atoms with E-state index in [1.807, 2.05) is 6.92 Å². The summed E-state index contributed by atoms with van der Waals surface area (Å²) in [6.45, 7) is 3.01. The SMILES string of the molecule is COc1cc(F)cc(C2CCCCN2)c1C. The Morgan fingerprint density at radius 2 is 2.19 bits per heavy atom. The van der Waals surface area contributed by atoms with Crippen molar-refractivity contribution in [3.05, 3.63) is 29.1 Å². The molecule has 1 fully saturated rings. The Morgan fingerprint density at radius 1 is 1.38 bits per heavy atom. The highest BCUT2D eigenvalue weighted by Gasteiger charge is 2.19. The van der Waals surface area contributed by atoms with Crippen LogP contribution in [0.4, 0.5) is 4.39 Å². The van der Waals surface area contributed by atoms with Gasteiger partial charge in [0, 0.05) is 12.1 Å². The molecule has 1 aliphatic heterocycles. The number of hydrogen-bond donors (Lipinski definition) is 1. The minimum Gasteiger partial charge on any atom is -0.496 e. The summed E-state index contributed by atoms with van der Waals surface area (Å²) in [7, 11) is 1.58. The van der Waals surface area contributed by atoms with Gasteiger partial charge in [-0.2, -0.15) is 0 Å². The average Bonchev–Trinajstić information content (AvgIpc) is 2.33. The number of hydrogen-bond acceptors (Lipinski definition) is 2. The second kappa shape index (κ2) is 4.83. The first-order chi connectivity index (χ1) is 7.72. The molecule has 0 amide bonds. The first kappa shape index (κ1) is 11.4. The summed E-state index contributed by atoms with van der Waals surface area (Å²) >= 11 is 0. The lowest BCUT2D eigenvalue weighted by molar-refractivity contribution is 0.392. The molecule has 1 atom stereocenters. The van der Waals surface area contributed by atoms with Crippen molar-refractivity contribution in [3.63, 3.8) is 0 Å². The molecule has 0 bridgehead atoms. The molecule has 1 aliphatic rings. The molecule has 1 N–H and O–H groups in total. The van der Waals surface area contributed by atoms with E-state index in [1.54, 1.807) is 13.2 Å². The number of rotatable bonds is 2. The van der Waals surface area contributed by atoms with E-state index in [0.717, 1.165) is 24.1 Å². The van der Waals surface area contributed by atoms with Gasteiger partial charge in [0.1, 0.15) is 11.6 Å². The molecule has 2 rings (SSSR count). The lowest BCUT2D eigenvalue weighted by Crippen LogP contribution is -2.27. The summed E-state index contributed by atoms with van der Waals surface area (Å²) in [5, 5.41) is 3.43. The molecular weight excluding hydrogens is 205 g/mol. The standard InChI is InChI=1S/C13H18FNO/c1-9-11(12-5-3-4-6-15-12)7-10(14)8-13(9)16-2/h7-8,12,15H,3-6H2,1-2H3. The molecule has 1 aromatic carbocycles. The molecule has 1 saturated heterocycles. The van der Waals surface area contributed by atoms with E-state index in [2.05, 4.69) is 5.32 Å². The Hall–Kier alpha value is -1.09. The van der Waals surface area contributed by atoms with Gasteiger partial charge >= 0.3 is 0 Å². The Balaban J connectivity index is 2.34. The Morgan fingerprint density at radius 3 is 2.81 bits per heavy atom. The Bertz CT molecular complexity index is 372. The molecule has 0 radical (unpaired) electrons. The smallest absolute Gasteiger partial charge is 0.127 e. The molecular formula is C13H18FNO. The van der Waals surface area contributed by atoms with Gasteiger partial charge in [-0.25, -0.2) is 4.39 Å². The molecule has 3 heteroatoms. The zero-order valence-electron chi connectivity index (χ0n) is 9.85. The van der Waals surface area contributed by atoms with Crippen LogP contribution in [0, 0.1) is 12.7 Å². The second-order valence-corrected chi connectivity index (χ2v) is 4.32. The van der Waals surface area contributed by atoms with Gasteiger partial charge in [0.05, 0.1) is 7.11 Å². The lowest BCUT2D eigenvalue weighted by Gasteiger charge is -2.26. The molecule has 1 heterocycles. The normalized spacial score (nSPS) is 20.8. The van der Waals surface area contributed by atoms with Gasteiger partial charge in [-0.05, 0) is 43.5 Å². The zero-order chi connectivity index (χ0) is 11.5. The van der Waals surface area contributed by atoms with E-state index in [1.165, 1.54) is 18.9 Å². The van der Waals surface area contributed by atoms with Gasteiger partial charge in [0.2, 0.25) is 0 Å². The largest absolute Gasteiger partial charge is 0.496 e. The number of halogens is 1. The predicted molar refractivity (Wildman–Crippen MR) is 62.3 cm³/mol. The fraction of sp³-hybridized carbons (Fsp3) is 0.538. The molecule has 0 saturated carbocycles. The van der Waals surface area contributed by atoms with Crippen LogP contribution in [0.25, 0.3) is 0 Å². The summed E-state index contributed by atoms with van der Waals surface area (Å²) in [6.07, 6.45) is 3.49. The minimum atomic E-state index is -0.218. The third-order valence-electron chi connectivity index (χ3n) is 3.27. The first-order valence-corrected chi connectivity index (χ1v) is 5.80. The Labute approximate surface area is 95.8 Å². The van der Waals surface area contributed by atoms with Crippen LogP contribution in [-0.4, -0.2) is 13.7 Å². The van der Waals surface area contributed by atoms with Crippen LogP contribution < -0.4 is 10.1 Å². The van der Waals surface area contributed by atoms with Gasteiger partial charge in [-0.1, -0.05) is 6.42 Å². The van der Waals surface area contributed by atoms with E-state index in [0.29, 0.717) is 5.75 Å². The minimum absolute atomic E-state index is 0.218. The lowest BCUT2D eigenvalue weighted by atomic mass is 9.93. The molecule has 0 spiro atoms. The van der Waals surface area contributed by atoms with Gasteiger partial charge in [0.15, 0.2) is 0 Å². The summed E-state index contributed by atoms with van der Waals surface area (Å²) in [5.74, 6) is 0.423. The third kappa shape index (κ3) is 2.19. The van der Waals surface area contributed by atoms with Crippen molar-refractivity contribution in [3.8, 4) is 5.75 Å². The maximum atomic E-state index is 13.4. The number of piperidine rings is 1. The zero-order valence-corrected chi connectivity index (χ0v) is 9.85. The predicted octanol–water partition coefficient (Wildman–Crippen LogP) is 2.96. The number of ether oxygens (including phenoxy) is 1. The summed E-state index contributed by atoms with van der Waals surface area (Å²) in [5.41, 5.74) is 2.08. The van der Waals surface area contributed by atoms with Crippen LogP contribution in [-0.2, 0) is 0 Å². The average molecular weight is 223 g/mol. The topological polar surface area (TPSA) is 21.3 Å². The molecule has 16 heavy (non-hydrogen) atoms. The van der Waals surface area contributed by atoms with E-state index in [4.69, 9.17) is 4.74 Å². The highest BCUT2D eigenvalue weighted by molar-refractivity contribution is 5.41. The van der Waals surface area contributed by atoms with Crippen LogP contribution in [0.2, 0.25) is 0 Å². The van der Waals surface area contributed by atoms with E-state index in [9.17, 15) is 4.39 Å². The second-order valence-electron chi connectivity index (χ2n) is 4.32. The summed E-state index contributed by atoms with van der Waals surface area (Å²) in [6, 6.07) is 3.35. The maximum absolute atomic E-state index is 13.4. The van der Waals surface area contributed by atoms with Crippen molar-refractivity contribution < 1.29 is 9.13 Å². The highest BCUT2D eigenvalue weighted by atomic mass is 19.1. The van der Waals surface area contributed by atoms with Crippen molar-refractivity contribution in [1.29, 1.82) is 0 Å². The van der Waals surface area contributed by atoms with Gasteiger partial charge in [-0.15, -0.1) is 0 Å². The van der Waals surface area contributed by atoms with Gasteiger partial charge < -0.3 is 10.1 Å². The molecule has 0 aliphatic carbocycles. The monoisotopic (exact) mass is 223 g/mol. The van der Waals surface area contributed by atoms with Gasteiger partial charge in [-0.3, -0.25) is 0 Å². The van der Waals surface area contributed by atoms with Crippen molar-refractivity contribution in [2.45, 2.75) is 32.2 Å². The highest BCUT2D eigenvalue weighted by Crippen LogP contribution is 2.31. The number of benzene rings is 1. The molecule has 0 aromatic heterocycles. The van der Waals surface area contributed by atoms with Crippen molar-refractivity contribution in [2.75, 3.05) is 13.7 Å².